The number of rotatable bonds is 2. The second-order valence-corrected chi connectivity index (χ2v) is 17.2. The van der Waals surface area contributed by atoms with Crippen molar-refractivity contribution in [3.8, 4) is 19.5 Å². The molecular weight excluding hydrogens is 846 g/mol. The molecule has 0 spiro atoms. The summed E-state index contributed by atoms with van der Waals surface area (Å²) in [5.74, 6) is 0. The fourth-order valence-corrected chi connectivity index (χ4v) is 16.4. The molecule has 0 atom stereocenters. The topological polar surface area (TPSA) is 0 Å². The third kappa shape index (κ3) is 3.25. The first-order valence-corrected chi connectivity index (χ1v) is 17.3. The van der Waals surface area contributed by atoms with E-state index in [0.717, 1.165) is 0 Å². The maximum atomic E-state index is 3.95. The van der Waals surface area contributed by atoms with Crippen molar-refractivity contribution in [1.29, 1.82) is 0 Å². The van der Waals surface area contributed by atoms with Gasteiger partial charge in [-0.3, -0.25) is 0 Å². The van der Waals surface area contributed by atoms with Crippen molar-refractivity contribution in [1.82, 2.24) is 0 Å². The van der Waals surface area contributed by atoms with Crippen LogP contribution in [0.2, 0.25) is 0 Å². The lowest BCUT2D eigenvalue weighted by molar-refractivity contribution is 1.62. The fourth-order valence-electron chi connectivity index (χ4n) is 3.44. The van der Waals surface area contributed by atoms with Gasteiger partial charge in [-0.15, -0.1) is 68.0 Å². The molecule has 6 heterocycles. The highest BCUT2D eigenvalue weighted by Gasteiger charge is 2.25. The van der Waals surface area contributed by atoms with Gasteiger partial charge < -0.3 is 0 Å². The molecule has 0 nitrogen and oxygen atoms in total. The monoisotopic (exact) mass is 852 g/mol. The lowest BCUT2D eigenvalue weighted by Gasteiger charge is -1.95. The molecule has 0 unspecified atom stereocenters. The highest BCUT2D eigenvalue weighted by molar-refractivity contribution is 14.1. The van der Waals surface area contributed by atoms with Crippen LogP contribution in [0.3, 0.4) is 0 Å². The Morgan fingerprint density at radius 1 is 0.533 bits per heavy atom. The van der Waals surface area contributed by atoms with Gasteiger partial charge in [0.2, 0.25) is 0 Å². The molecule has 30 heavy (non-hydrogen) atoms. The molecule has 6 rings (SSSR count). The van der Waals surface area contributed by atoms with Crippen molar-refractivity contribution in [3.05, 3.63) is 38.0 Å². The smallest absolute Gasteiger partial charge is 0.0651 e. The van der Waals surface area contributed by atoms with Crippen molar-refractivity contribution in [2.24, 2.45) is 0 Å². The Bertz CT molecular complexity index is 1500. The van der Waals surface area contributed by atoms with Gasteiger partial charge in [-0.2, -0.15) is 0 Å². The number of hydrogen-bond donors (Lipinski definition) is 0. The summed E-state index contributed by atoms with van der Waals surface area (Å²) in [6.45, 7) is 4.38. The third-order valence-electron chi connectivity index (χ3n) is 4.68. The summed E-state index contributed by atoms with van der Waals surface area (Å²) in [4.78, 5) is 8.28. The van der Waals surface area contributed by atoms with Gasteiger partial charge in [-0.1, -0.05) is 0 Å². The molecule has 10 heteroatoms. The predicted octanol–water partition coefficient (Wildman–Crippen LogP) is 12.2. The summed E-state index contributed by atoms with van der Waals surface area (Å²) in [6.07, 6.45) is 0. The molecule has 6 aromatic heterocycles. The van der Waals surface area contributed by atoms with Crippen LogP contribution in [-0.4, -0.2) is 0 Å². The summed E-state index contributed by atoms with van der Waals surface area (Å²) >= 11 is 24.4. The Morgan fingerprint density at radius 3 is 1.23 bits per heavy atom. The minimum atomic E-state index is 1.27. The first kappa shape index (κ1) is 21.9. The quantitative estimate of drug-likeness (QED) is 0.152. The number of fused-ring (bicyclic) bond motifs is 5. The predicted molar refractivity (Wildman–Crippen MR) is 167 cm³/mol. The Balaban J connectivity index is 1.60. The van der Waals surface area contributed by atoms with Gasteiger partial charge in [-0.05, 0) is 103 Å². The second kappa shape index (κ2) is 7.98. The zero-order valence-corrected chi connectivity index (χ0v) is 27.5. The van der Waals surface area contributed by atoms with Gasteiger partial charge in [0.05, 0.1) is 56.7 Å². The average molecular weight is 854 g/mol. The van der Waals surface area contributed by atoms with E-state index in [-0.39, 0.29) is 0 Å². The molecule has 0 radical (unpaired) electrons. The van der Waals surface area contributed by atoms with Crippen LogP contribution in [0.15, 0.2) is 21.1 Å². The van der Waals surface area contributed by atoms with E-state index >= 15 is 0 Å². The highest BCUT2D eigenvalue weighted by atomic mass is 127. The first-order chi connectivity index (χ1) is 14.3. The molecule has 152 valence electrons. The second-order valence-electron chi connectivity index (χ2n) is 6.74. The minimum absolute atomic E-state index is 1.27. The molecule has 0 aliphatic rings. The summed E-state index contributed by atoms with van der Waals surface area (Å²) in [5.41, 5.74) is 0. The van der Waals surface area contributed by atoms with Crippen LogP contribution >= 0.6 is 145 Å². The van der Waals surface area contributed by atoms with Crippen LogP contribution in [0.5, 0.6) is 0 Å². The number of thiophene rings is 6. The van der Waals surface area contributed by atoms with E-state index in [4.69, 9.17) is 0 Å². The number of halogens is 4. The van der Waals surface area contributed by atoms with Gasteiger partial charge in [-0.25, -0.2) is 0 Å². The van der Waals surface area contributed by atoms with Gasteiger partial charge in [0, 0.05) is 16.9 Å². The Kier molecular flexibility index (Phi) is 5.82. The van der Waals surface area contributed by atoms with Crippen molar-refractivity contribution in [2.45, 2.75) is 13.8 Å². The molecule has 0 saturated heterocycles. The summed E-state index contributed by atoms with van der Waals surface area (Å²) in [6, 6.07) is 4.56. The van der Waals surface area contributed by atoms with E-state index in [1.807, 2.05) is 68.0 Å². The molecule has 0 aromatic carbocycles. The zero-order chi connectivity index (χ0) is 20.9. The highest BCUT2D eigenvalue weighted by Crippen LogP contribution is 2.58. The van der Waals surface area contributed by atoms with Crippen LogP contribution in [-0.2, 0) is 0 Å². The van der Waals surface area contributed by atoms with Crippen molar-refractivity contribution in [2.75, 3.05) is 0 Å². The van der Waals surface area contributed by atoms with Crippen molar-refractivity contribution < 1.29 is 0 Å². The molecule has 0 fully saturated rings. The largest absolute Gasteiger partial charge is 0.139 e. The van der Waals surface area contributed by atoms with E-state index in [1.165, 1.54) is 73.5 Å². The van der Waals surface area contributed by atoms with Gasteiger partial charge in [0.15, 0.2) is 0 Å². The standard InChI is InChI=1S/C20H8Br2I2S6/c1-5-3-7(23)11(25-5)13-9(21)15-17(27-13)19-20(29-15)18-16(30-19)10(22)14(28-18)12-8(24)4-6(2)26-12/h3-4H,1-2H3. The van der Waals surface area contributed by atoms with Gasteiger partial charge in [0.25, 0.3) is 0 Å². The molecule has 0 bridgehead atoms. The number of aryl methyl sites for hydroxylation is 2. The molecule has 0 N–H and O–H groups in total. The van der Waals surface area contributed by atoms with Crippen LogP contribution in [0.1, 0.15) is 9.75 Å². The SMILES string of the molecule is Cc1cc(I)c(-c2sc3c(sc4c5sc(-c6sc(C)cc6I)c(Br)c5sc34)c2Br)s1. The van der Waals surface area contributed by atoms with Gasteiger partial charge in [0.1, 0.15) is 0 Å². The molecule has 6 aromatic rings. The summed E-state index contributed by atoms with van der Waals surface area (Å²) in [5, 5.41) is 0. The van der Waals surface area contributed by atoms with Crippen molar-refractivity contribution >= 4 is 173 Å². The van der Waals surface area contributed by atoms with E-state index in [9.17, 15) is 0 Å². The van der Waals surface area contributed by atoms with E-state index < -0.39 is 0 Å². The Hall–Kier alpha value is 1.40. The van der Waals surface area contributed by atoms with Crippen molar-refractivity contribution in [3.63, 3.8) is 0 Å². The van der Waals surface area contributed by atoms with E-state index in [1.54, 1.807) is 0 Å². The van der Waals surface area contributed by atoms with E-state index in [2.05, 4.69) is 103 Å². The Labute approximate surface area is 240 Å². The maximum Gasteiger partial charge on any atom is 0.0651 e. The van der Waals surface area contributed by atoms with Crippen LogP contribution in [0.4, 0.5) is 0 Å². The normalized spacial score (nSPS) is 12.3. The maximum absolute atomic E-state index is 3.95. The average Bonchev–Trinajstić information content (AvgIpc) is 3.47. The van der Waals surface area contributed by atoms with Crippen LogP contribution in [0, 0.1) is 21.0 Å². The van der Waals surface area contributed by atoms with Gasteiger partial charge >= 0.3 is 0 Å². The number of hydrogen-bond acceptors (Lipinski definition) is 6. The molecule has 0 aliphatic heterocycles. The van der Waals surface area contributed by atoms with E-state index in [0.29, 0.717) is 0 Å². The Morgan fingerprint density at radius 2 is 0.900 bits per heavy atom. The lowest BCUT2D eigenvalue weighted by Crippen LogP contribution is -1.69. The molecule has 0 saturated carbocycles. The first-order valence-electron chi connectivity index (χ1n) is 8.61. The summed E-state index contributed by atoms with van der Waals surface area (Å²) < 4.78 is 13.8. The third-order valence-corrected chi connectivity index (χ3v) is 17.7. The molecular formula is C20H8Br2I2S6. The minimum Gasteiger partial charge on any atom is -0.139 e. The molecule has 0 aliphatic carbocycles. The molecule has 0 amide bonds. The fraction of sp³-hybridized carbons (Fsp3) is 0.100. The van der Waals surface area contributed by atoms with Crippen LogP contribution in [0.25, 0.3) is 47.7 Å². The zero-order valence-electron chi connectivity index (χ0n) is 15.1. The lowest BCUT2D eigenvalue weighted by atomic mass is 10.3. The van der Waals surface area contributed by atoms with Crippen LogP contribution < -0.4 is 0 Å². The summed E-state index contributed by atoms with van der Waals surface area (Å²) in [7, 11) is 0.